The molecule has 0 aromatic heterocycles. The van der Waals surface area contributed by atoms with E-state index in [0.29, 0.717) is 13.1 Å². The fourth-order valence-corrected chi connectivity index (χ4v) is 2.44. The van der Waals surface area contributed by atoms with Crippen LogP contribution in [0.5, 0.6) is 0 Å². The summed E-state index contributed by atoms with van der Waals surface area (Å²) in [5.74, 6) is 0.176. The maximum absolute atomic E-state index is 12.1. The van der Waals surface area contributed by atoms with Crippen molar-refractivity contribution < 1.29 is 9.59 Å². The van der Waals surface area contributed by atoms with Crippen molar-refractivity contribution in [3.63, 3.8) is 0 Å². The summed E-state index contributed by atoms with van der Waals surface area (Å²) in [4.78, 5) is 28.3. The van der Waals surface area contributed by atoms with Gasteiger partial charge in [-0.15, -0.1) is 0 Å². The molecule has 134 valence electrons. The van der Waals surface area contributed by atoms with E-state index >= 15 is 0 Å². The van der Waals surface area contributed by atoms with Crippen LogP contribution in [0.15, 0.2) is 0 Å². The minimum Gasteiger partial charge on any atom is -0.353 e. The van der Waals surface area contributed by atoms with Crippen LogP contribution in [0.3, 0.4) is 0 Å². The number of hydrogen-bond acceptors (Lipinski definition) is 4. The van der Waals surface area contributed by atoms with E-state index in [4.69, 9.17) is 0 Å². The number of piperazine rings is 1. The lowest BCUT2D eigenvalue weighted by atomic mass is 10.0. The quantitative estimate of drug-likeness (QED) is 0.693. The Bertz CT molecular complexity index is 390. The highest BCUT2D eigenvalue weighted by Gasteiger charge is 2.23. The van der Waals surface area contributed by atoms with Crippen molar-refractivity contribution in [2.24, 2.45) is 0 Å². The summed E-state index contributed by atoms with van der Waals surface area (Å²) in [7, 11) is 0. The molecule has 6 heteroatoms. The molecule has 23 heavy (non-hydrogen) atoms. The number of carbonyl (C=O) groups is 2. The zero-order valence-electron chi connectivity index (χ0n) is 15.4. The molecule has 1 atom stereocenters. The van der Waals surface area contributed by atoms with E-state index in [1.807, 2.05) is 20.8 Å². The van der Waals surface area contributed by atoms with Gasteiger partial charge in [-0.2, -0.15) is 0 Å². The average molecular weight is 326 g/mol. The molecule has 2 amide bonds. The van der Waals surface area contributed by atoms with Crippen LogP contribution in [-0.2, 0) is 9.59 Å². The largest absolute Gasteiger partial charge is 0.353 e. The normalized spacial score (nSPS) is 18.5. The average Bonchev–Trinajstić information content (AvgIpc) is 2.48. The van der Waals surface area contributed by atoms with Crippen molar-refractivity contribution in [1.29, 1.82) is 0 Å². The topological polar surface area (TPSA) is 64.7 Å². The minimum absolute atomic E-state index is 0.0832. The zero-order valence-corrected chi connectivity index (χ0v) is 15.4. The van der Waals surface area contributed by atoms with Gasteiger partial charge in [0.15, 0.2) is 0 Å². The van der Waals surface area contributed by atoms with Gasteiger partial charge >= 0.3 is 0 Å². The smallest absolute Gasteiger partial charge is 0.234 e. The van der Waals surface area contributed by atoms with Gasteiger partial charge in [-0.3, -0.25) is 19.4 Å². The third kappa shape index (κ3) is 7.79. The molecule has 1 rings (SSSR count). The van der Waals surface area contributed by atoms with E-state index in [9.17, 15) is 9.59 Å². The van der Waals surface area contributed by atoms with Gasteiger partial charge in [-0.05, 0) is 33.6 Å². The van der Waals surface area contributed by atoms with Crippen molar-refractivity contribution >= 4 is 11.8 Å². The Morgan fingerprint density at radius 2 is 1.48 bits per heavy atom. The van der Waals surface area contributed by atoms with Crippen LogP contribution in [0.4, 0.5) is 0 Å². The predicted molar refractivity (Wildman–Crippen MR) is 93.3 cm³/mol. The van der Waals surface area contributed by atoms with Gasteiger partial charge in [0.05, 0.1) is 13.1 Å². The van der Waals surface area contributed by atoms with Crippen molar-refractivity contribution in [3.05, 3.63) is 0 Å². The third-order valence-electron chi connectivity index (χ3n) is 4.58. The molecule has 2 N–H and O–H groups in total. The Morgan fingerprint density at radius 1 is 1.00 bits per heavy atom. The minimum atomic E-state index is -0.146. The molecule has 0 spiro atoms. The highest BCUT2D eigenvalue weighted by Crippen LogP contribution is 2.07. The number of amides is 2. The molecule has 0 radical (unpaired) electrons. The first-order chi connectivity index (χ1) is 10.8. The molecular formula is C17H34N4O2. The molecule has 0 aromatic rings. The van der Waals surface area contributed by atoms with E-state index in [1.165, 1.54) is 0 Å². The van der Waals surface area contributed by atoms with E-state index in [1.54, 1.807) is 0 Å². The van der Waals surface area contributed by atoms with Gasteiger partial charge in [0, 0.05) is 37.8 Å². The Hall–Kier alpha value is -1.14. The highest BCUT2D eigenvalue weighted by atomic mass is 16.2. The first kappa shape index (κ1) is 19.9. The van der Waals surface area contributed by atoms with Crippen LogP contribution in [0.1, 0.15) is 47.5 Å². The molecule has 1 fully saturated rings. The van der Waals surface area contributed by atoms with Crippen molar-refractivity contribution in [1.82, 2.24) is 20.4 Å². The monoisotopic (exact) mass is 326 g/mol. The number of nitrogens with one attached hydrogen (secondary N) is 2. The van der Waals surface area contributed by atoms with Gasteiger partial charge in [0.2, 0.25) is 11.8 Å². The Labute approximate surface area is 141 Å². The maximum atomic E-state index is 12.1. The number of rotatable bonds is 8. The lowest BCUT2D eigenvalue weighted by Gasteiger charge is -2.35. The van der Waals surface area contributed by atoms with E-state index in [2.05, 4.69) is 34.3 Å². The van der Waals surface area contributed by atoms with Gasteiger partial charge in [0.1, 0.15) is 0 Å². The van der Waals surface area contributed by atoms with E-state index in [0.717, 1.165) is 39.0 Å². The first-order valence-electron chi connectivity index (χ1n) is 8.80. The van der Waals surface area contributed by atoms with Crippen molar-refractivity contribution in [3.8, 4) is 0 Å². The van der Waals surface area contributed by atoms with E-state index in [-0.39, 0.29) is 23.4 Å². The predicted octanol–water partition coefficient (Wildman–Crippen LogP) is 0.824. The molecule has 0 aromatic carbocycles. The van der Waals surface area contributed by atoms with Crippen LogP contribution in [0.25, 0.3) is 0 Å². The Balaban J connectivity index is 2.27. The van der Waals surface area contributed by atoms with Crippen LogP contribution in [0, 0.1) is 0 Å². The zero-order chi connectivity index (χ0) is 17.5. The van der Waals surface area contributed by atoms with Crippen molar-refractivity contribution in [2.45, 2.75) is 59.0 Å². The Morgan fingerprint density at radius 3 is 1.91 bits per heavy atom. The van der Waals surface area contributed by atoms with Crippen LogP contribution in [0.2, 0.25) is 0 Å². The number of nitrogens with zero attached hydrogens (tertiary/aromatic N) is 2. The molecule has 1 heterocycles. The molecular weight excluding hydrogens is 292 g/mol. The summed E-state index contributed by atoms with van der Waals surface area (Å²) in [6, 6.07) is 0.231. The van der Waals surface area contributed by atoms with E-state index < -0.39 is 0 Å². The van der Waals surface area contributed by atoms with Crippen LogP contribution < -0.4 is 10.6 Å². The van der Waals surface area contributed by atoms with Gasteiger partial charge < -0.3 is 10.6 Å². The van der Waals surface area contributed by atoms with Gasteiger partial charge in [-0.1, -0.05) is 13.8 Å². The molecule has 1 aliphatic rings. The number of carbonyl (C=O) groups excluding carboxylic acids is 2. The molecule has 1 aliphatic heterocycles. The summed E-state index contributed by atoms with van der Waals surface area (Å²) in [5.41, 5.74) is -0.146. The summed E-state index contributed by atoms with van der Waals surface area (Å²) in [6.07, 6.45) is 1.86. The van der Waals surface area contributed by atoms with Crippen LogP contribution >= 0.6 is 0 Å². The molecule has 6 nitrogen and oxygen atoms in total. The summed E-state index contributed by atoms with van der Waals surface area (Å²) >= 11 is 0. The lowest BCUT2D eigenvalue weighted by Crippen LogP contribution is -2.53. The first-order valence-corrected chi connectivity index (χ1v) is 8.80. The standard InChI is InChI=1S/C17H34N4O2/c1-6-14(3)18-15(22)12-20-8-10-21(11-9-20)13-16(23)19-17(4,5)7-2/h14H,6-13H2,1-5H3,(H,18,22)(H,19,23). The molecule has 0 bridgehead atoms. The molecule has 0 saturated carbocycles. The SMILES string of the molecule is CCC(C)NC(=O)CN1CCN(CC(=O)NC(C)(C)CC)CC1. The molecule has 0 aliphatic carbocycles. The summed E-state index contributed by atoms with van der Waals surface area (Å²) in [6.45, 7) is 14.5. The highest BCUT2D eigenvalue weighted by molar-refractivity contribution is 5.79. The number of hydrogen-bond donors (Lipinski definition) is 2. The second-order valence-corrected chi connectivity index (χ2v) is 7.21. The molecule has 1 unspecified atom stereocenters. The molecule has 1 saturated heterocycles. The van der Waals surface area contributed by atoms with Crippen LogP contribution in [-0.4, -0.2) is 72.5 Å². The summed E-state index contributed by atoms with van der Waals surface area (Å²) < 4.78 is 0. The second kappa shape index (κ2) is 9.23. The second-order valence-electron chi connectivity index (χ2n) is 7.21. The van der Waals surface area contributed by atoms with Crippen molar-refractivity contribution in [2.75, 3.05) is 39.3 Å². The maximum Gasteiger partial charge on any atom is 0.234 e. The third-order valence-corrected chi connectivity index (χ3v) is 4.58. The lowest BCUT2D eigenvalue weighted by molar-refractivity contribution is -0.126. The fraction of sp³-hybridized carbons (Fsp3) is 0.882. The van der Waals surface area contributed by atoms with Gasteiger partial charge in [-0.25, -0.2) is 0 Å². The van der Waals surface area contributed by atoms with Gasteiger partial charge in [0.25, 0.3) is 0 Å². The fourth-order valence-electron chi connectivity index (χ4n) is 2.44. The summed E-state index contributed by atoms with van der Waals surface area (Å²) in [5, 5.41) is 6.06. The Kier molecular flexibility index (Phi) is 7.99.